The molecule has 1 aromatic heterocycles. The number of nitriles is 1. The lowest BCUT2D eigenvalue weighted by Gasteiger charge is -2.39. The summed E-state index contributed by atoms with van der Waals surface area (Å²) in [7, 11) is 0. The maximum atomic E-state index is 9.14. The summed E-state index contributed by atoms with van der Waals surface area (Å²) in [5.74, 6) is 0.858. The van der Waals surface area contributed by atoms with Crippen LogP contribution in [0.1, 0.15) is 36.6 Å². The highest BCUT2D eigenvalue weighted by Crippen LogP contribution is 2.34. The summed E-state index contributed by atoms with van der Waals surface area (Å²) in [5, 5.41) is 9.14. The monoisotopic (exact) mass is 290 g/mol. The average molecular weight is 290 g/mol. The van der Waals surface area contributed by atoms with Crippen LogP contribution >= 0.6 is 0 Å². The molecule has 1 aromatic carbocycles. The fraction of sp³-hybridized carbons (Fsp3) is 0.389. The van der Waals surface area contributed by atoms with E-state index >= 15 is 0 Å². The van der Waals surface area contributed by atoms with Crippen molar-refractivity contribution >= 4 is 5.95 Å². The van der Waals surface area contributed by atoms with Crippen LogP contribution in [0.4, 0.5) is 5.95 Å². The van der Waals surface area contributed by atoms with Gasteiger partial charge in [0.25, 0.3) is 0 Å². The van der Waals surface area contributed by atoms with E-state index in [0.717, 1.165) is 43.0 Å². The molecule has 0 radical (unpaired) electrons. The lowest BCUT2D eigenvalue weighted by atomic mass is 10.0. The Morgan fingerprint density at radius 2 is 2.18 bits per heavy atom. The Hall–Kier alpha value is -2.41. The zero-order chi connectivity index (χ0) is 15.1. The van der Waals surface area contributed by atoms with Crippen molar-refractivity contribution in [3.8, 4) is 17.3 Å². The Bertz CT molecular complexity index is 775. The molecule has 0 amide bonds. The molecule has 0 bridgehead atoms. The number of benzene rings is 1. The summed E-state index contributed by atoms with van der Waals surface area (Å²) < 4.78 is 0. The molecule has 22 heavy (non-hydrogen) atoms. The Morgan fingerprint density at radius 3 is 2.91 bits per heavy atom. The predicted molar refractivity (Wildman–Crippen MR) is 85.6 cm³/mol. The first-order valence-electron chi connectivity index (χ1n) is 7.93. The van der Waals surface area contributed by atoms with Crippen molar-refractivity contribution in [2.75, 3.05) is 11.4 Å². The molecule has 1 fully saturated rings. The molecule has 0 N–H and O–H groups in total. The van der Waals surface area contributed by atoms with E-state index in [2.05, 4.69) is 17.9 Å². The first kappa shape index (κ1) is 13.3. The second-order valence-electron chi connectivity index (χ2n) is 6.17. The third kappa shape index (κ3) is 2.05. The molecule has 0 spiro atoms. The van der Waals surface area contributed by atoms with Gasteiger partial charge in [-0.15, -0.1) is 0 Å². The standard InChI is InChI=1S/C18H18N4/c1-12-8-9-22(12)18-20-16-7-3-6-15(16)17(21-18)14-5-2-4-13(10-14)11-19/h2,4-5,10,12H,3,6-9H2,1H3. The Balaban J connectivity index is 1.85. The summed E-state index contributed by atoms with van der Waals surface area (Å²) in [5.41, 5.74) is 5.21. The number of rotatable bonds is 2. The fourth-order valence-electron chi connectivity index (χ4n) is 3.34. The van der Waals surface area contributed by atoms with E-state index in [1.807, 2.05) is 24.3 Å². The van der Waals surface area contributed by atoms with Crippen LogP contribution in [0.25, 0.3) is 11.3 Å². The van der Waals surface area contributed by atoms with Gasteiger partial charge < -0.3 is 4.90 Å². The summed E-state index contributed by atoms with van der Waals surface area (Å²) >= 11 is 0. The highest BCUT2D eigenvalue weighted by Gasteiger charge is 2.29. The Kier molecular flexibility index (Phi) is 3.07. The van der Waals surface area contributed by atoms with Crippen LogP contribution < -0.4 is 4.90 Å². The molecule has 1 aliphatic carbocycles. The van der Waals surface area contributed by atoms with Gasteiger partial charge in [0.15, 0.2) is 0 Å². The molecule has 1 atom stereocenters. The molecule has 4 nitrogen and oxygen atoms in total. The summed E-state index contributed by atoms with van der Waals surface area (Å²) in [6.45, 7) is 3.26. The quantitative estimate of drug-likeness (QED) is 0.853. The summed E-state index contributed by atoms with van der Waals surface area (Å²) in [4.78, 5) is 11.9. The van der Waals surface area contributed by atoms with Gasteiger partial charge in [0.05, 0.1) is 17.3 Å². The van der Waals surface area contributed by atoms with Gasteiger partial charge in [-0.05, 0) is 44.7 Å². The second-order valence-corrected chi connectivity index (χ2v) is 6.17. The van der Waals surface area contributed by atoms with Crippen LogP contribution in [-0.4, -0.2) is 22.6 Å². The second kappa shape index (κ2) is 5.10. The molecular formula is C18H18N4. The molecule has 2 aliphatic rings. The van der Waals surface area contributed by atoms with Gasteiger partial charge >= 0.3 is 0 Å². The minimum Gasteiger partial charge on any atom is -0.338 e. The first-order valence-corrected chi connectivity index (χ1v) is 7.93. The largest absolute Gasteiger partial charge is 0.338 e. The van der Waals surface area contributed by atoms with Crippen molar-refractivity contribution in [3.63, 3.8) is 0 Å². The van der Waals surface area contributed by atoms with Gasteiger partial charge in [-0.2, -0.15) is 5.26 Å². The van der Waals surface area contributed by atoms with Crippen molar-refractivity contribution in [2.45, 2.75) is 38.6 Å². The minimum atomic E-state index is 0.526. The van der Waals surface area contributed by atoms with E-state index < -0.39 is 0 Å². The van der Waals surface area contributed by atoms with Crippen molar-refractivity contribution in [1.29, 1.82) is 5.26 Å². The molecular weight excluding hydrogens is 272 g/mol. The number of fused-ring (bicyclic) bond motifs is 1. The molecule has 1 unspecified atom stereocenters. The highest BCUT2D eigenvalue weighted by atomic mass is 15.3. The highest BCUT2D eigenvalue weighted by molar-refractivity contribution is 5.68. The smallest absolute Gasteiger partial charge is 0.226 e. The van der Waals surface area contributed by atoms with E-state index in [0.29, 0.717) is 11.6 Å². The lowest BCUT2D eigenvalue weighted by Crippen LogP contribution is -2.46. The van der Waals surface area contributed by atoms with E-state index in [-0.39, 0.29) is 0 Å². The average Bonchev–Trinajstić information content (AvgIpc) is 3.01. The first-order chi connectivity index (χ1) is 10.8. The van der Waals surface area contributed by atoms with Crippen LogP contribution in [0.15, 0.2) is 24.3 Å². The Morgan fingerprint density at radius 1 is 1.27 bits per heavy atom. The minimum absolute atomic E-state index is 0.526. The van der Waals surface area contributed by atoms with Crippen LogP contribution in [0.5, 0.6) is 0 Å². The van der Waals surface area contributed by atoms with E-state index in [9.17, 15) is 0 Å². The molecule has 1 aliphatic heterocycles. The molecule has 2 heterocycles. The van der Waals surface area contributed by atoms with Crippen LogP contribution in [-0.2, 0) is 12.8 Å². The number of anilines is 1. The zero-order valence-corrected chi connectivity index (χ0v) is 12.7. The summed E-state index contributed by atoms with van der Waals surface area (Å²) in [6.07, 6.45) is 4.43. The van der Waals surface area contributed by atoms with Gasteiger partial charge in [0.2, 0.25) is 5.95 Å². The van der Waals surface area contributed by atoms with Crippen LogP contribution in [0.3, 0.4) is 0 Å². The lowest BCUT2D eigenvalue weighted by molar-refractivity contribution is 0.470. The van der Waals surface area contributed by atoms with Gasteiger partial charge in [0.1, 0.15) is 0 Å². The maximum Gasteiger partial charge on any atom is 0.226 e. The fourth-order valence-corrected chi connectivity index (χ4v) is 3.34. The number of aryl methyl sites for hydroxylation is 1. The number of hydrogen-bond donors (Lipinski definition) is 0. The van der Waals surface area contributed by atoms with Crippen molar-refractivity contribution < 1.29 is 0 Å². The van der Waals surface area contributed by atoms with E-state index in [1.54, 1.807) is 0 Å². The number of nitrogens with zero attached hydrogens (tertiary/aromatic N) is 4. The maximum absolute atomic E-state index is 9.14. The molecule has 2 aromatic rings. The molecule has 1 saturated heterocycles. The van der Waals surface area contributed by atoms with Crippen molar-refractivity contribution in [2.24, 2.45) is 0 Å². The van der Waals surface area contributed by atoms with Crippen LogP contribution in [0, 0.1) is 11.3 Å². The molecule has 4 rings (SSSR count). The van der Waals surface area contributed by atoms with Gasteiger partial charge in [-0.1, -0.05) is 12.1 Å². The zero-order valence-electron chi connectivity index (χ0n) is 12.7. The van der Waals surface area contributed by atoms with Gasteiger partial charge in [0, 0.05) is 29.4 Å². The van der Waals surface area contributed by atoms with Gasteiger partial charge in [-0.25, -0.2) is 9.97 Å². The van der Waals surface area contributed by atoms with Gasteiger partial charge in [-0.3, -0.25) is 0 Å². The number of hydrogen-bond acceptors (Lipinski definition) is 4. The number of aromatic nitrogens is 2. The molecule has 110 valence electrons. The summed E-state index contributed by atoms with van der Waals surface area (Å²) in [6, 6.07) is 10.5. The molecule has 4 heteroatoms. The van der Waals surface area contributed by atoms with Crippen molar-refractivity contribution in [1.82, 2.24) is 9.97 Å². The normalized spacial score (nSPS) is 19.5. The third-order valence-electron chi connectivity index (χ3n) is 4.76. The van der Waals surface area contributed by atoms with E-state index in [1.165, 1.54) is 17.7 Å². The topological polar surface area (TPSA) is 52.8 Å². The SMILES string of the molecule is CC1CCN1c1nc2c(c(-c3cccc(C#N)c3)n1)CCC2. The Labute approximate surface area is 130 Å². The third-order valence-corrected chi connectivity index (χ3v) is 4.76. The van der Waals surface area contributed by atoms with Crippen LogP contribution in [0.2, 0.25) is 0 Å². The molecule has 0 saturated carbocycles. The van der Waals surface area contributed by atoms with E-state index in [4.69, 9.17) is 15.2 Å². The van der Waals surface area contributed by atoms with Crippen molar-refractivity contribution in [3.05, 3.63) is 41.1 Å². The predicted octanol–water partition coefficient (Wildman–Crippen LogP) is 3.10.